The minimum Gasteiger partial charge on any atom is -0.497 e. The van der Waals surface area contributed by atoms with Gasteiger partial charge in [-0.25, -0.2) is 4.79 Å². The molecule has 0 aliphatic heterocycles. The number of nitrogens with one attached hydrogen (secondary N) is 1. The quantitative estimate of drug-likeness (QED) is 0.266. The van der Waals surface area contributed by atoms with Crippen LogP contribution in [0.1, 0.15) is 111 Å². The summed E-state index contributed by atoms with van der Waals surface area (Å²) in [5.41, 5.74) is 3.76. The summed E-state index contributed by atoms with van der Waals surface area (Å²) in [6, 6.07) is 8.00. The number of rotatable bonds is 11. The molecule has 1 aromatic carbocycles. The molecule has 42 heavy (non-hydrogen) atoms. The first-order valence-electron chi connectivity index (χ1n) is 17.4. The Hall–Kier alpha value is -1.97. The van der Waals surface area contributed by atoms with Crippen molar-refractivity contribution >= 4 is 6.09 Å². The number of allylic oxidation sites excluding steroid dienone is 2. The van der Waals surface area contributed by atoms with Crippen LogP contribution in [0.5, 0.6) is 5.75 Å². The van der Waals surface area contributed by atoms with E-state index in [0.717, 1.165) is 54.1 Å². The fourth-order valence-corrected chi connectivity index (χ4v) is 10.2. The lowest BCUT2D eigenvalue weighted by Crippen LogP contribution is -2.50. The van der Waals surface area contributed by atoms with Crippen molar-refractivity contribution in [1.29, 1.82) is 0 Å². The largest absolute Gasteiger partial charge is 0.497 e. The molecule has 5 rings (SSSR count). The van der Waals surface area contributed by atoms with E-state index in [9.17, 15) is 4.79 Å². The topological polar surface area (TPSA) is 47.6 Å². The normalized spacial score (nSPS) is 34.5. The maximum Gasteiger partial charge on any atom is 0.407 e. The summed E-state index contributed by atoms with van der Waals surface area (Å²) in [5.74, 6) is 6.54. The van der Waals surface area contributed by atoms with E-state index in [4.69, 9.17) is 9.47 Å². The van der Waals surface area contributed by atoms with Gasteiger partial charge in [0.1, 0.15) is 5.75 Å². The van der Waals surface area contributed by atoms with Crippen LogP contribution in [-0.4, -0.2) is 26.4 Å². The van der Waals surface area contributed by atoms with Crippen LogP contribution in [0.4, 0.5) is 4.79 Å². The van der Waals surface area contributed by atoms with Crippen LogP contribution in [0.15, 0.2) is 35.9 Å². The van der Waals surface area contributed by atoms with Crippen molar-refractivity contribution in [3.63, 3.8) is 0 Å². The second-order valence-electron chi connectivity index (χ2n) is 15.5. The molecule has 3 fully saturated rings. The Morgan fingerprint density at radius 1 is 1.00 bits per heavy atom. The van der Waals surface area contributed by atoms with Gasteiger partial charge in [0.05, 0.1) is 13.7 Å². The van der Waals surface area contributed by atoms with Gasteiger partial charge in [-0.3, -0.25) is 0 Å². The Kier molecular flexibility index (Phi) is 10.00. The predicted octanol–water partition coefficient (Wildman–Crippen LogP) is 9.62. The van der Waals surface area contributed by atoms with E-state index in [0.29, 0.717) is 29.9 Å². The first-order chi connectivity index (χ1) is 20.1. The summed E-state index contributed by atoms with van der Waals surface area (Å²) in [7, 11) is 1.67. The van der Waals surface area contributed by atoms with Crippen molar-refractivity contribution in [3.8, 4) is 5.75 Å². The molecular formula is C38H59NO3. The van der Waals surface area contributed by atoms with Crippen LogP contribution in [-0.2, 0) is 11.2 Å². The van der Waals surface area contributed by atoms with E-state index >= 15 is 0 Å². The highest BCUT2D eigenvalue weighted by molar-refractivity contribution is 5.67. The third-order valence-electron chi connectivity index (χ3n) is 12.7. The molecule has 0 spiro atoms. The molecule has 1 N–H and O–H groups in total. The Morgan fingerprint density at radius 3 is 2.52 bits per heavy atom. The highest BCUT2D eigenvalue weighted by Gasteiger charge is 2.59. The van der Waals surface area contributed by atoms with Crippen LogP contribution in [0.25, 0.3) is 0 Å². The standard InChI is InChI=1S/C38H59NO3/c1-26(2)8-7-9-27(3)33-16-17-34-32-15-12-30-24-29(18-21-37(30,4)35(32)19-22-38(33,34)5)25-42-36(40)39-23-20-28-10-13-31(41-6)14-11-28/h10-14,26-27,29,32-35H,7-9,15-25H2,1-6H3,(H,39,40). The van der Waals surface area contributed by atoms with Gasteiger partial charge >= 0.3 is 6.09 Å². The minimum absolute atomic E-state index is 0.282. The maximum atomic E-state index is 12.4. The van der Waals surface area contributed by atoms with Gasteiger partial charge < -0.3 is 14.8 Å². The number of hydrogen-bond donors (Lipinski definition) is 1. The molecule has 8 unspecified atom stereocenters. The third-order valence-corrected chi connectivity index (χ3v) is 12.7. The molecule has 4 heteroatoms. The van der Waals surface area contributed by atoms with Crippen LogP contribution >= 0.6 is 0 Å². The maximum absolute atomic E-state index is 12.4. The second kappa shape index (κ2) is 13.3. The fourth-order valence-electron chi connectivity index (χ4n) is 10.2. The number of ether oxygens (including phenoxy) is 2. The van der Waals surface area contributed by atoms with Crippen molar-refractivity contribution < 1.29 is 14.3 Å². The zero-order valence-electron chi connectivity index (χ0n) is 27.6. The van der Waals surface area contributed by atoms with Gasteiger partial charge in [0.15, 0.2) is 0 Å². The van der Waals surface area contributed by atoms with E-state index in [1.807, 2.05) is 24.3 Å². The van der Waals surface area contributed by atoms with Crippen molar-refractivity contribution in [3.05, 3.63) is 41.5 Å². The Bertz CT molecular complexity index is 1080. The van der Waals surface area contributed by atoms with Gasteiger partial charge in [0.25, 0.3) is 0 Å². The molecular weight excluding hydrogens is 518 g/mol. The third kappa shape index (κ3) is 6.58. The van der Waals surface area contributed by atoms with Crippen LogP contribution in [0.3, 0.4) is 0 Å². The molecule has 0 heterocycles. The molecule has 8 atom stereocenters. The van der Waals surface area contributed by atoms with E-state index in [1.165, 1.54) is 69.8 Å². The van der Waals surface area contributed by atoms with E-state index in [-0.39, 0.29) is 6.09 Å². The molecule has 1 aromatic rings. The zero-order chi connectivity index (χ0) is 29.9. The van der Waals surface area contributed by atoms with Crippen LogP contribution < -0.4 is 10.1 Å². The first kappa shape index (κ1) is 31.5. The first-order valence-corrected chi connectivity index (χ1v) is 17.4. The lowest BCUT2D eigenvalue weighted by molar-refractivity contribution is -0.0541. The van der Waals surface area contributed by atoms with Crippen molar-refractivity contribution in [1.82, 2.24) is 5.32 Å². The van der Waals surface area contributed by atoms with Gasteiger partial charge in [-0.15, -0.1) is 0 Å². The number of benzene rings is 1. The number of fused-ring (bicyclic) bond motifs is 5. The summed E-state index contributed by atoms with van der Waals surface area (Å²) in [6.07, 6.45) is 18.0. The van der Waals surface area contributed by atoms with Crippen LogP contribution in [0, 0.1) is 52.3 Å². The Balaban J connectivity index is 1.11. The lowest BCUT2D eigenvalue weighted by atomic mass is 9.46. The summed E-state index contributed by atoms with van der Waals surface area (Å²) < 4.78 is 10.9. The number of methoxy groups -OCH3 is 1. The molecule has 0 aromatic heterocycles. The molecule has 3 saturated carbocycles. The summed E-state index contributed by atoms with van der Waals surface area (Å²) in [5, 5.41) is 2.95. The average molecular weight is 578 g/mol. The molecule has 4 aliphatic carbocycles. The summed E-state index contributed by atoms with van der Waals surface area (Å²) >= 11 is 0. The van der Waals surface area contributed by atoms with Crippen molar-refractivity contribution in [2.75, 3.05) is 20.3 Å². The molecule has 234 valence electrons. The van der Waals surface area contributed by atoms with E-state index < -0.39 is 0 Å². The van der Waals surface area contributed by atoms with Gasteiger partial charge in [-0.2, -0.15) is 0 Å². The average Bonchev–Trinajstić information content (AvgIpc) is 3.33. The molecule has 1 amide bonds. The Morgan fingerprint density at radius 2 is 1.79 bits per heavy atom. The summed E-state index contributed by atoms with van der Waals surface area (Å²) in [4.78, 5) is 12.4. The number of amides is 1. The monoisotopic (exact) mass is 577 g/mol. The highest BCUT2D eigenvalue weighted by Crippen LogP contribution is 2.67. The number of carbonyl (C=O) groups excluding carboxylic acids is 1. The molecule has 4 nitrogen and oxygen atoms in total. The predicted molar refractivity (Wildman–Crippen MR) is 173 cm³/mol. The van der Waals surface area contributed by atoms with Gasteiger partial charge in [0.2, 0.25) is 0 Å². The zero-order valence-corrected chi connectivity index (χ0v) is 27.6. The SMILES string of the molecule is COc1ccc(CCNC(=O)OCC2CCC3(C)C(=CCC4C3CCC3(C)C(C(C)CCCC(C)C)CCC43)C2)cc1. The molecule has 0 saturated heterocycles. The Labute approximate surface area is 256 Å². The van der Waals surface area contributed by atoms with Crippen molar-refractivity contribution in [2.45, 2.75) is 112 Å². The van der Waals surface area contributed by atoms with Crippen LogP contribution in [0.2, 0.25) is 0 Å². The molecule has 0 radical (unpaired) electrons. The van der Waals surface area contributed by atoms with E-state index in [1.54, 1.807) is 12.7 Å². The smallest absolute Gasteiger partial charge is 0.407 e. The summed E-state index contributed by atoms with van der Waals surface area (Å²) in [6.45, 7) is 13.7. The second-order valence-corrected chi connectivity index (χ2v) is 15.5. The fraction of sp³-hybridized carbons (Fsp3) is 0.763. The van der Waals surface area contributed by atoms with Crippen molar-refractivity contribution in [2.24, 2.45) is 52.3 Å². The van der Waals surface area contributed by atoms with Gasteiger partial charge in [-0.1, -0.05) is 77.7 Å². The van der Waals surface area contributed by atoms with E-state index in [2.05, 4.69) is 46.0 Å². The lowest BCUT2D eigenvalue weighted by Gasteiger charge is -2.58. The molecule has 0 bridgehead atoms. The minimum atomic E-state index is -0.282. The number of alkyl carbamates (subject to hydrolysis) is 1. The van der Waals surface area contributed by atoms with Gasteiger partial charge in [-0.05, 0) is 128 Å². The number of hydrogen-bond acceptors (Lipinski definition) is 3. The van der Waals surface area contributed by atoms with Gasteiger partial charge in [0, 0.05) is 6.54 Å². The highest BCUT2D eigenvalue weighted by atomic mass is 16.5. The molecule has 4 aliphatic rings. The number of carbonyl (C=O) groups is 1.